The topological polar surface area (TPSA) is 219 Å². The third kappa shape index (κ3) is 10.0. The number of amides is 1. The van der Waals surface area contributed by atoms with Gasteiger partial charge in [0, 0.05) is 48.3 Å². The van der Waals surface area contributed by atoms with E-state index in [0.29, 0.717) is 50.8 Å². The molecule has 20 atom stereocenters. The summed E-state index contributed by atoms with van der Waals surface area (Å²) in [7, 11) is 3.79. The quantitative estimate of drug-likeness (QED) is 0.129. The fourth-order valence-corrected chi connectivity index (χ4v) is 13.9. The molecule has 388 valence electrons. The Morgan fingerprint density at radius 3 is 2.31 bits per heavy atom. The Labute approximate surface area is 404 Å². The Balaban J connectivity index is 1.19. The van der Waals surface area contributed by atoms with Gasteiger partial charge < -0.3 is 55.1 Å². The van der Waals surface area contributed by atoms with Gasteiger partial charge in [0.2, 0.25) is 0 Å². The number of carbonyl (C=O) groups is 3. The lowest BCUT2D eigenvalue weighted by atomic mass is 9.46. The Morgan fingerprint density at radius 1 is 0.985 bits per heavy atom. The zero-order valence-electron chi connectivity index (χ0n) is 42.9. The molecule has 2 heterocycles. The average Bonchev–Trinajstić information content (AvgIpc) is 3.47. The van der Waals surface area contributed by atoms with Crippen LogP contribution in [-0.4, -0.2) is 170 Å². The molecule has 7 N–H and O–H groups in total. The Morgan fingerprint density at radius 2 is 1.66 bits per heavy atom. The molecule has 2 aliphatic heterocycles. The van der Waals surface area contributed by atoms with Gasteiger partial charge in [-0.3, -0.25) is 19.3 Å². The molecule has 2 saturated heterocycles. The van der Waals surface area contributed by atoms with Gasteiger partial charge >= 0.3 is 5.97 Å². The van der Waals surface area contributed by atoms with Crippen molar-refractivity contribution in [1.29, 1.82) is 0 Å². The van der Waals surface area contributed by atoms with Crippen LogP contribution in [0.5, 0.6) is 0 Å². The number of aliphatic hydroxyl groups excluding tert-OH is 4. The molecule has 4 unspecified atom stereocenters. The van der Waals surface area contributed by atoms with Crippen molar-refractivity contribution in [2.24, 2.45) is 45.8 Å². The molecule has 0 bridgehead atoms. The van der Waals surface area contributed by atoms with Gasteiger partial charge in [0.15, 0.2) is 17.7 Å². The van der Waals surface area contributed by atoms with Crippen LogP contribution in [0, 0.1) is 45.8 Å². The molecule has 0 spiro atoms. The standard InChI is InChI=1S/C52H86FN3O12/c1-13-40-51(10,64)44(61)31(5)56(20-14-17-48(6,7)41(26-38(58)30(4)45(62)67-40)68-46-43(60)37(55(11)12)23-29(3)66-46)21-15-19-54-47(63)52(65)28(2)22-34-33-25-36(53)35-24-32(57)16-18-49(35,8)42(33)39(59)27-50(34,52)9/h16,18,24,28-31,33-34,36-44,46,58-61,64-65H,13-15,17,19-23,25-27H2,1-12H3,(H,54,63)/t28-,29+,30-,31-,33?,34?,36+,37+,38+,39+,40-,41-,42?,43?,44+,46-,49+,50+,51+,52+/m1/s1. The van der Waals surface area contributed by atoms with E-state index in [9.17, 15) is 45.0 Å². The summed E-state index contributed by atoms with van der Waals surface area (Å²) in [6, 6.07) is -0.886. The molecule has 16 heteroatoms. The van der Waals surface area contributed by atoms with Crippen LogP contribution in [0.25, 0.3) is 0 Å². The molecule has 5 fully saturated rings. The maximum Gasteiger partial charge on any atom is 0.311 e. The first-order valence-electron chi connectivity index (χ1n) is 25.5. The lowest BCUT2D eigenvalue weighted by molar-refractivity contribution is -0.283. The zero-order chi connectivity index (χ0) is 50.6. The molecule has 4 aliphatic carbocycles. The number of hydrogen-bond acceptors (Lipinski definition) is 14. The number of aliphatic hydroxyl groups is 6. The molecule has 0 aromatic rings. The van der Waals surface area contributed by atoms with Gasteiger partial charge in [0.1, 0.15) is 30.1 Å². The van der Waals surface area contributed by atoms with E-state index < -0.39 is 106 Å². The molecule has 68 heavy (non-hydrogen) atoms. The van der Waals surface area contributed by atoms with Crippen LogP contribution in [0.3, 0.4) is 0 Å². The second-order valence-electron chi connectivity index (χ2n) is 23.5. The molecule has 0 radical (unpaired) electrons. The summed E-state index contributed by atoms with van der Waals surface area (Å²) in [6.45, 7) is 19.1. The van der Waals surface area contributed by atoms with Gasteiger partial charge in [-0.15, -0.1) is 0 Å². The highest BCUT2D eigenvalue weighted by Crippen LogP contribution is 2.68. The first-order valence-corrected chi connectivity index (χ1v) is 25.5. The summed E-state index contributed by atoms with van der Waals surface area (Å²) < 4.78 is 34.7. The number of carbonyl (C=O) groups excluding carboxylic acids is 3. The van der Waals surface area contributed by atoms with Crippen molar-refractivity contribution in [3.05, 3.63) is 23.8 Å². The Hall–Kier alpha value is -2.38. The molecule has 6 aliphatic rings. The van der Waals surface area contributed by atoms with Crippen LogP contribution >= 0.6 is 0 Å². The summed E-state index contributed by atoms with van der Waals surface area (Å²) in [5, 5.41) is 74.4. The third-order valence-electron chi connectivity index (χ3n) is 18.3. The minimum atomic E-state index is -1.89. The van der Waals surface area contributed by atoms with Gasteiger partial charge in [0.05, 0.1) is 30.3 Å². The minimum absolute atomic E-state index is 0.0327. The highest BCUT2D eigenvalue weighted by atomic mass is 19.1. The van der Waals surface area contributed by atoms with E-state index >= 15 is 4.39 Å². The number of ether oxygens (including phenoxy) is 3. The van der Waals surface area contributed by atoms with Crippen molar-refractivity contribution >= 4 is 17.7 Å². The Kier molecular flexibility index (Phi) is 16.7. The summed E-state index contributed by atoms with van der Waals surface area (Å²) >= 11 is 0. The molecule has 15 nitrogen and oxygen atoms in total. The number of halogens is 1. The van der Waals surface area contributed by atoms with Crippen LogP contribution in [0.15, 0.2) is 23.8 Å². The lowest BCUT2D eigenvalue weighted by Crippen LogP contribution is -2.65. The zero-order valence-corrected chi connectivity index (χ0v) is 42.9. The first-order chi connectivity index (χ1) is 31.6. The molecular formula is C52H86FN3O12. The predicted octanol–water partition coefficient (Wildman–Crippen LogP) is 3.84. The van der Waals surface area contributed by atoms with Gasteiger partial charge in [-0.05, 0) is 141 Å². The lowest BCUT2D eigenvalue weighted by Gasteiger charge is -2.60. The van der Waals surface area contributed by atoms with E-state index in [2.05, 4.69) is 5.32 Å². The number of allylic oxidation sites excluding steroid dienone is 4. The number of fused-ring (bicyclic) bond motifs is 5. The van der Waals surface area contributed by atoms with E-state index in [1.807, 2.05) is 65.4 Å². The fourth-order valence-electron chi connectivity index (χ4n) is 13.9. The van der Waals surface area contributed by atoms with Gasteiger partial charge in [-0.1, -0.05) is 47.6 Å². The maximum atomic E-state index is 16.0. The second kappa shape index (κ2) is 20.6. The van der Waals surface area contributed by atoms with Gasteiger partial charge in [-0.2, -0.15) is 0 Å². The maximum absolute atomic E-state index is 16.0. The van der Waals surface area contributed by atoms with Crippen molar-refractivity contribution in [3.8, 4) is 0 Å². The van der Waals surface area contributed by atoms with Crippen LogP contribution in [0.2, 0.25) is 0 Å². The number of esters is 1. The summed E-state index contributed by atoms with van der Waals surface area (Å²) in [5.41, 5.74) is -5.91. The summed E-state index contributed by atoms with van der Waals surface area (Å²) in [5.74, 6) is -4.03. The van der Waals surface area contributed by atoms with Crippen molar-refractivity contribution in [1.82, 2.24) is 15.1 Å². The fraction of sp³-hybridized carbons (Fsp3) is 0.865. The number of rotatable bonds is 9. The highest BCUT2D eigenvalue weighted by molar-refractivity contribution is 6.01. The molecule has 0 aromatic carbocycles. The number of alkyl halides is 1. The third-order valence-corrected chi connectivity index (χ3v) is 18.3. The molecular weight excluding hydrogens is 878 g/mol. The molecule has 6 rings (SSSR count). The average molecular weight is 964 g/mol. The Bertz CT molecular complexity index is 1880. The number of likely N-dealkylation sites (N-methyl/N-ethyl adjacent to an activating group) is 1. The van der Waals surface area contributed by atoms with Crippen molar-refractivity contribution in [3.63, 3.8) is 0 Å². The SMILES string of the molecule is CC[C@H]1OC(=O)[C@H](C)[C@@H](O)C[C@@H](O[C@H]2O[C@@H](C)C[C@H](N(C)C)C2O)C(C)(C)CCCN(CCCNC(=O)[C@@]2(O)[C@H](C)CC3C4C[C@H](F)C5=CC(=O)C=C[C@]5(C)C4[C@@H](O)C[C@@]32C)[C@H](C)[C@H](O)[C@@]1(C)O. The van der Waals surface area contributed by atoms with Gasteiger partial charge in [-0.25, -0.2) is 4.39 Å². The second-order valence-corrected chi connectivity index (χ2v) is 23.5. The van der Waals surface area contributed by atoms with Crippen LogP contribution in [0.4, 0.5) is 4.39 Å². The van der Waals surface area contributed by atoms with E-state index in [1.165, 1.54) is 19.1 Å². The largest absolute Gasteiger partial charge is 0.459 e. The monoisotopic (exact) mass is 964 g/mol. The van der Waals surface area contributed by atoms with Crippen molar-refractivity contribution in [2.45, 2.75) is 206 Å². The predicted molar refractivity (Wildman–Crippen MR) is 253 cm³/mol. The van der Waals surface area contributed by atoms with E-state index in [4.69, 9.17) is 14.2 Å². The van der Waals surface area contributed by atoms with Crippen LogP contribution in [0.1, 0.15) is 127 Å². The van der Waals surface area contributed by atoms with E-state index in [1.54, 1.807) is 26.8 Å². The normalized spacial score (nSPS) is 47.2. The molecule has 0 aromatic heterocycles. The van der Waals surface area contributed by atoms with Crippen molar-refractivity contribution in [2.75, 3.05) is 33.7 Å². The number of nitrogens with one attached hydrogen (secondary N) is 1. The first kappa shape index (κ1) is 54.9. The van der Waals surface area contributed by atoms with Crippen LogP contribution in [-0.2, 0) is 28.6 Å². The van der Waals surface area contributed by atoms with E-state index in [-0.39, 0.29) is 67.9 Å². The van der Waals surface area contributed by atoms with Gasteiger partial charge in [0.25, 0.3) is 5.91 Å². The summed E-state index contributed by atoms with van der Waals surface area (Å²) in [4.78, 5) is 44.4. The van der Waals surface area contributed by atoms with E-state index in [0.717, 1.165) is 0 Å². The smallest absolute Gasteiger partial charge is 0.311 e. The van der Waals surface area contributed by atoms with Crippen LogP contribution < -0.4 is 5.32 Å². The van der Waals surface area contributed by atoms with Crippen molar-refractivity contribution < 1.29 is 63.6 Å². The summed E-state index contributed by atoms with van der Waals surface area (Å²) in [6.07, 6.45) is -1.26. The highest BCUT2D eigenvalue weighted by Gasteiger charge is 2.71. The number of ketones is 1. The number of cyclic esters (lactones) is 1. The number of hydrogen-bond donors (Lipinski definition) is 7. The number of nitrogens with zero attached hydrogens (tertiary/aromatic N) is 2. The molecule has 1 amide bonds. The minimum Gasteiger partial charge on any atom is -0.459 e. The molecule has 3 saturated carbocycles.